The molecule has 0 spiro atoms. The lowest BCUT2D eigenvalue weighted by Gasteiger charge is -2.04. The minimum Gasteiger partial charge on any atom is -0.451 e. The van der Waals surface area contributed by atoms with E-state index in [4.69, 9.17) is 9.47 Å². The lowest BCUT2D eigenvalue weighted by atomic mass is 10.1. The zero-order chi connectivity index (χ0) is 16.7. The number of nitrogens with zero attached hydrogens (tertiary/aromatic N) is 1. The van der Waals surface area contributed by atoms with Crippen molar-refractivity contribution in [2.24, 2.45) is 0 Å². The number of halogens is 1. The third-order valence-electron chi connectivity index (χ3n) is 2.90. The third-order valence-corrected chi connectivity index (χ3v) is 3.43. The van der Waals surface area contributed by atoms with Gasteiger partial charge in [0.05, 0.1) is 12.3 Å². The molecule has 1 heterocycles. The number of hydrogen-bond acceptors (Lipinski definition) is 5. The number of benzene rings is 1. The van der Waals surface area contributed by atoms with E-state index in [0.29, 0.717) is 18.8 Å². The molecule has 8 heteroatoms. The first-order valence-electron chi connectivity index (χ1n) is 6.84. The number of aromatic amines is 1. The highest BCUT2D eigenvalue weighted by atomic mass is 79.9. The van der Waals surface area contributed by atoms with Gasteiger partial charge in [0.15, 0.2) is 6.61 Å². The van der Waals surface area contributed by atoms with Crippen molar-refractivity contribution in [1.29, 1.82) is 0 Å². The molecule has 23 heavy (non-hydrogen) atoms. The van der Waals surface area contributed by atoms with Gasteiger partial charge in [-0.1, -0.05) is 28.1 Å². The Morgan fingerprint density at radius 2 is 2.04 bits per heavy atom. The molecule has 2 aromatic rings. The standard InChI is InChI=1S/C15H16BrN3O4/c1-22-7-6-17-14(20)9-23-15(21)13-8-12(18-19-13)10-2-4-11(16)5-3-10/h2-5,8H,6-7,9H2,1H3,(H,17,20)(H,18,19). The van der Waals surface area contributed by atoms with Gasteiger partial charge in [-0.15, -0.1) is 0 Å². The molecule has 0 aliphatic rings. The molecule has 2 rings (SSSR count). The summed E-state index contributed by atoms with van der Waals surface area (Å²) >= 11 is 3.35. The van der Waals surface area contributed by atoms with Crippen molar-refractivity contribution < 1.29 is 19.1 Å². The van der Waals surface area contributed by atoms with Crippen LogP contribution < -0.4 is 5.32 Å². The largest absolute Gasteiger partial charge is 0.451 e. The van der Waals surface area contributed by atoms with Crippen LogP contribution in [0.15, 0.2) is 34.8 Å². The zero-order valence-corrected chi connectivity index (χ0v) is 14.1. The van der Waals surface area contributed by atoms with Gasteiger partial charge in [-0.2, -0.15) is 5.10 Å². The topological polar surface area (TPSA) is 93.3 Å². The minimum absolute atomic E-state index is 0.188. The molecule has 1 amide bonds. The SMILES string of the molecule is COCCNC(=O)COC(=O)c1cc(-c2ccc(Br)cc2)n[nH]1. The Morgan fingerprint density at radius 1 is 1.30 bits per heavy atom. The van der Waals surface area contributed by atoms with Gasteiger partial charge in [-0.05, 0) is 18.2 Å². The number of ether oxygens (including phenoxy) is 2. The van der Waals surface area contributed by atoms with E-state index in [1.165, 1.54) is 7.11 Å². The zero-order valence-electron chi connectivity index (χ0n) is 12.5. The predicted octanol–water partition coefficient (Wildman–Crippen LogP) is 1.76. The number of carbonyl (C=O) groups is 2. The fourth-order valence-corrected chi connectivity index (χ4v) is 2.01. The molecule has 7 nitrogen and oxygen atoms in total. The van der Waals surface area contributed by atoms with Crippen molar-refractivity contribution in [1.82, 2.24) is 15.5 Å². The van der Waals surface area contributed by atoms with Crippen LogP contribution in [0.25, 0.3) is 11.3 Å². The number of amides is 1. The van der Waals surface area contributed by atoms with E-state index in [9.17, 15) is 9.59 Å². The molecule has 0 unspecified atom stereocenters. The van der Waals surface area contributed by atoms with E-state index < -0.39 is 5.97 Å². The number of hydrogen-bond donors (Lipinski definition) is 2. The van der Waals surface area contributed by atoms with Crippen LogP contribution in [0.3, 0.4) is 0 Å². The smallest absolute Gasteiger partial charge is 0.356 e. The van der Waals surface area contributed by atoms with Crippen molar-refractivity contribution >= 4 is 27.8 Å². The summed E-state index contributed by atoms with van der Waals surface area (Å²) in [4.78, 5) is 23.3. The highest BCUT2D eigenvalue weighted by Crippen LogP contribution is 2.20. The number of carbonyl (C=O) groups excluding carboxylic acids is 2. The Labute approximate surface area is 141 Å². The normalized spacial score (nSPS) is 10.3. The molecule has 0 saturated heterocycles. The van der Waals surface area contributed by atoms with Gasteiger partial charge in [0, 0.05) is 23.7 Å². The maximum Gasteiger partial charge on any atom is 0.356 e. The molecule has 0 aliphatic carbocycles. The van der Waals surface area contributed by atoms with Crippen LogP contribution in [-0.2, 0) is 14.3 Å². The molecule has 0 saturated carbocycles. The summed E-state index contributed by atoms with van der Waals surface area (Å²) in [6.45, 7) is 0.413. The summed E-state index contributed by atoms with van der Waals surface area (Å²) in [7, 11) is 1.54. The Kier molecular flexibility index (Phi) is 6.30. The second kappa shape index (κ2) is 8.44. The second-order valence-electron chi connectivity index (χ2n) is 4.59. The third kappa shape index (κ3) is 5.19. The predicted molar refractivity (Wildman–Crippen MR) is 86.9 cm³/mol. The van der Waals surface area contributed by atoms with E-state index in [2.05, 4.69) is 31.4 Å². The van der Waals surface area contributed by atoms with Gasteiger partial charge >= 0.3 is 5.97 Å². The highest BCUT2D eigenvalue weighted by Gasteiger charge is 2.14. The minimum atomic E-state index is -0.636. The van der Waals surface area contributed by atoms with Gasteiger partial charge < -0.3 is 14.8 Å². The summed E-state index contributed by atoms with van der Waals surface area (Å²) in [5.74, 6) is -1.02. The number of H-pyrrole nitrogens is 1. The van der Waals surface area contributed by atoms with Gasteiger partial charge in [0.1, 0.15) is 5.69 Å². The van der Waals surface area contributed by atoms with E-state index in [1.807, 2.05) is 24.3 Å². The molecular weight excluding hydrogens is 366 g/mol. The fourth-order valence-electron chi connectivity index (χ4n) is 1.75. The first-order chi connectivity index (χ1) is 11.1. The van der Waals surface area contributed by atoms with Crippen molar-refractivity contribution in [3.63, 3.8) is 0 Å². The number of rotatable bonds is 7. The lowest BCUT2D eigenvalue weighted by molar-refractivity contribution is -0.124. The average molecular weight is 382 g/mol. The van der Waals surface area contributed by atoms with Crippen molar-refractivity contribution in [2.75, 3.05) is 26.9 Å². The maximum absolute atomic E-state index is 11.9. The van der Waals surface area contributed by atoms with Crippen LogP contribution in [0, 0.1) is 0 Å². The molecule has 0 atom stereocenters. The van der Waals surface area contributed by atoms with Gasteiger partial charge in [0.2, 0.25) is 0 Å². The Morgan fingerprint density at radius 3 is 2.74 bits per heavy atom. The van der Waals surface area contributed by atoms with Gasteiger partial charge in [0.25, 0.3) is 5.91 Å². The monoisotopic (exact) mass is 381 g/mol. The van der Waals surface area contributed by atoms with Gasteiger partial charge in [-0.3, -0.25) is 9.89 Å². The number of esters is 1. The van der Waals surface area contributed by atoms with E-state index >= 15 is 0 Å². The molecule has 0 aliphatic heterocycles. The van der Waals surface area contributed by atoms with Crippen molar-refractivity contribution in [2.45, 2.75) is 0 Å². The molecule has 122 valence electrons. The molecule has 0 bridgehead atoms. The van der Waals surface area contributed by atoms with Crippen LogP contribution in [0.1, 0.15) is 10.5 Å². The lowest BCUT2D eigenvalue weighted by Crippen LogP contribution is -2.31. The van der Waals surface area contributed by atoms with Crippen molar-refractivity contribution in [3.8, 4) is 11.3 Å². The summed E-state index contributed by atoms with van der Waals surface area (Å²) < 4.78 is 10.7. The van der Waals surface area contributed by atoms with E-state index in [-0.39, 0.29) is 18.2 Å². The number of methoxy groups -OCH3 is 1. The molecule has 2 N–H and O–H groups in total. The summed E-state index contributed by atoms with van der Waals surface area (Å²) in [6.07, 6.45) is 0. The van der Waals surface area contributed by atoms with Gasteiger partial charge in [-0.25, -0.2) is 4.79 Å². The number of aromatic nitrogens is 2. The molecule has 0 radical (unpaired) electrons. The van der Waals surface area contributed by atoms with Crippen LogP contribution in [0.5, 0.6) is 0 Å². The summed E-state index contributed by atoms with van der Waals surface area (Å²) in [5.41, 5.74) is 1.67. The summed E-state index contributed by atoms with van der Waals surface area (Å²) in [6, 6.07) is 9.09. The highest BCUT2D eigenvalue weighted by molar-refractivity contribution is 9.10. The first-order valence-corrected chi connectivity index (χ1v) is 7.63. The van der Waals surface area contributed by atoms with Crippen LogP contribution in [-0.4, -0.2) is 48.9 Å². The second-order valence-corrected chi connectivity index (χ2v) is 5.51. The van der Waals surface area contributed by atoms with E-state index in [0.717, 1.165) is 10.0 Å². The molecule has 1 aromatic heterocycles. The molecular formula is C15H16BrN3O4. The Bertz CT molecular complexity index is 670. The van der Waals surface area contributed by atoms with Crippen LogP contribution in [0.2, 0.25) is 0 Å². The quantitative estimate of drug-likeness (QED) is 0.562. The molecule has 0 fully saturated rings. The molecule has 1 aromatic carbocycles. The van der Waals surface area contributed by atoms with E-state index in [1.54, 1.807) is 6.07 Å². The van der Waals surface area contributed by atoms with Crippen LogP contribution >= 0.6 is 15.9 Å². The Balaban J connectivity index is 1.88. The van der Waals surface area contributed by atoms with Crippen molar-refractivity contribution in [3.05, 3.63) is 40.5 Å². The fraction of sp³-hybridized carbons (Fsp3) is 0.267. The Hall–Kier alpha value is -2.19. The maximum atomic E-state index is 11.9. The first kappa shape index (κ1) is 17.2. The van der Waals surface area contributed by atoms with Crippen LogP contribution in [0.4, 0.5) is 0 Å². The average Bonchev–Trinajstić information content (AvgIpc) is 3.03. The summed E-state index contributed by atoms with van der Waals surface area (Å²) in [5, 5.41) is 9.23. The number of nitrogens with one attached hydrogen (secondary N) is 2.